The average molecular weight is 335 g/mol. The van der Waals surface area contributed by atoms with Gasteiger partial charge in [-0.05, 0) is 23.3 Å². The van der Waals surface area contributed by atoms with Gasteiger partial charge >= 0.3 is 0 Å². The van der Waals surface area contributed by atoms with Crippen molar-refractivity contribution in [2.24, 2.45) is 0 Å². The van der Waals surface area contributed by atoms with E-state index in [9.17, 15) is 4.79 Å². The first kappa shape index (κ1) is 16.0. The van der Waals surface area contributed by atoms with Gasteiger partial charge in [0.05, 0.1) is 11.4 Å². The standard InChI is InChI=1S/C24H17NO/c26-17-18-11-13-19(14-12-18)22-15-23(20-7-3-1-4-8-20)25-24(16-22)21-9-5-2-6-10-21/h1-17H. The van der Waals surface area contributed by atoms with Gasteiger partial charge in [-0.25, -0.2) is 4.98 Å². The molecule has 0 saturated heterocycles. The van der Waals surface area contributed by atoms with E-state index in [1.54, 1.807) is 0 Å². The van der Waals surface area contributed by atoms with E-state index in [-0.39, 0.29) is 0 Å². The number of nitrogens with zero attached hydrogens (tertiary/aromatic N) is 1. The van der Waals surface area contributed by atoms with Crippen molar-refractivity contribution in [2.75, 3.05) is 0 Å². The third-order valence-corrected chi connectivity index (χ3v) is 4.34. The van der Waals surface area contributed by atoms with E-state index in [0.29, 0.717) is 5.56 Å². The number of carbonyl (C=O) groups is 1. The van der Waals surface area contributed by atoms with E-state index in [1.807, 2.05) is 60.7 Å². The highest BCUT2D eigenvalue weighted by Crippen LogP contribution is 2.30. The number of benzene rings is 3. The molecule has 0 N–H and O–H groups in total. The third kappa shape index (κ3) is 3.31. The first-order valence-corrected chi connectivity index (χ1v) is 8.52. The van der Waals surface area contributed by atoms with E-state index < -0.39 is 0 Å². The number of rotatable bonds is 4. The zero-order chi connectivity index (χ0) is 17.8. The summed E-state index contributed by atoms with van der Waals surface area (Å²) in [4.78, 5) is 15.8. The Bertz CT molecular complexity index is 965. The monoisotopic (exact) mass is 335 g/mol. The molecular formula is C24H17NO. The van der Waals surface area contributed by atoms with Crippen LogP contribution >= 0.6 is 0 Å². The summed E-state index contributed by atoms with van der Waals surface area (Å²) in [6.45, 7) is 0. The van der Waals surface area contributed by atoms with Gasteiger partial charge in [0.25, 0.3) is 0 Å². The van der Waals surface area contributed by atoms with Crippen LogP contribution in [0.3, 0.4) is 0 Å². The Balaban J connectivity index is 1.88. The summed E-state index contributed by atoms with van der Waals surface area (Å²) in [6.07, 6.45) is 0.862. The Labute approximate surface area is 152 Å². The molecule has 0 amide bonds. The maximum atomic E-state index is 10.9. The van der Waals surface area contributed by atoms with E-state index in [4.69, 9.17) is 4.98 Å². The summed E-state index contributed by atoms with van der Waals surface area (Å²) >= 11 is 0. The number of aromatic nitrogens is 1. The summed E-state index contributed by atoms with van der Waals surface area (Å²) in [7, 11) is 0. The minimum Gasteiger partial charge on any atom is -0.298 e. The van der Waals surface area contributed by atoms with Crippen LogP contribution < -0.4 is 0 Å². The molecule has 1 heterocycles. The molecule has 26 heavy (non-hydrogen) atoms. The van der Waals surface area contributed by atoms with Gasteiger partial charge < -0.3 is 0 Å². The van der Waals surface area contributed by atoms with Crippen LogP contribution in [0.15, 0.2) is 97.1 Å². The van der Waals surface area contributed by atoms with Gasteiger partial charge in [0.1, 0.15) is 6.29 Å². The molecule has 0 bridgehead atoms. The summed E-state index contributed by atoms with van der Waals surface area (Å²) in [5.41, 5.74) is 6.84. The van der Waals surface area contributed by atoms with Crippen molar-refractivity contribution in [3.8, 4) is 33.6 Å². The lowest BCUT2D eigenvalue weighted by Crippen LogP contribution is -1.91. The topological polar surface area (TPSA) is 30.0 Å². The largest absolute Gasteiger partial charge is 0.298 e. The molecule has 0 aliphatic heterocycles. The van der Waals surface area contributed by atoms with Crippen molar-refractivity contribution < 1.29 is 4.79 Å². The van der Waals surface area contributed by atoms with Gasteiger partial charge in [0, 0.05) is 16.7 Å². The minimum atomic E-state index is 0.675. The highest BCUT2D eigenvalue weighted by Gasteiger charge is 2.08. The number of pyridine rings is 1. The van der Waals surface area contributed by atoms with Crippen molar-refractivity contribution >= 4 is 6.29 Å². The molecule has 1 aromatic heterocycles. The average Bonchev–Trinajstić information content (AvgIpc) is 2.75. The fourth-order valence-electron chi connectivity index (χ4n) is 2.96. The lowest BCUT2D eigenvalue weighted by molar-refractivity contribution is 0.112. The second-order valence-electron chi connectivity index (χ2n) is 6.10. The molecule has 0 aliphatic carbocycles. The third-order valence-electron chi connectivity index (χ3n) is 4.34. The Hall–Kier alpha value is -3.52. The van der Waals surface area contributed by atoms with Gasteiger partial charge in [-0.3, -0.25) is 4.79 Å². The Morgan fingerprint density at radius 1 is 0.538 bits per heavy atom. The zero-order valence-electron chi connectivity index (χ0n) is 14.2. The number of hydrogen-bond donors (Lipinski definition) is 0. The van der Waals surface area contributed by atoms with Crippen LogP contribution in [-0.4, -0.2) is 11.3 Å². The molecule has 4 rings (SSSR count). The molecule has 0 radical (unpaired) electrons. The van der Waals surface area contributed by atoms with E-state index in [1.165, 1.54) is 0 Å². The Morgan fingerprint density at radius 2 is 1.04 bits per heavy atom. The number of aldehydes is 1. The second kappa shape index (κ2) is 7.16. The van der Waals surface area contributed by atoms with Crippen molar-refractivity contribution in [1.29, 1.82) is 0 Å². The first-order chi connectivity index (χ1) is 12.8. The van der Waals surface area contributed by atoms with Gasteiger partial charge in [-0.15, -0.1) is 0 Å². The molecular weight excluding hydrogens is 318 g/mol. The predicted octanol–water partition coefficient (Wildman–Crippen LogP) is 5.90. The van der Waals surface area contributed by atoms with Crippen molar-refractivity contribution in [2.45, 2.75) is 0 Å². The highest BCUT2D eigenvalue weighted by atomic mass is 16.1. The van der Waals surface area contributed by atoms with Crippen molar-refractivity contribution in [1.82, 2.24) is 4.98 Å². The molecule has 2 heteroatoms. The van der Waals surface area contributed by atoms with Gasteiger partial charge in [-0.2, -0.15) is 0 Å². The van der Waals surface area contributed by atoms with Crippen molar-refractivity contribution in [3.63, 3.8) is 0 Å². The SMILES string of the molecule is O=Cc1ccc(-c2cc(-c3ccccc3)nc(-c3ccccc3)c2)cc1. The van der Waals surface area contributed by atoms with Crippen LogP contribution in [0.5, 0.6) is 0 Å². The molecule has 0 aliphatic rings. The summed E-state index contributed by atoms with van der Waals surface area (Å²) in [5.74, 6) is 0. The predicted molar refractivity (Wildman–Crippen MR) is 106 cm³/mol. The van der Waals surface area contributed by atoms with Crippen LogP contribution in [0.2, 0.25) is 0 Å². The normalized spacial score (nSPS) is 10.5. The Morgan fingerprint density at radius 3 is 1.50 bits per heavy atom. The van der Waals surface area contributed by atoms with E-state index in [2.05, 4.69) is 36.4 Å². The van der Waals surface area contributed by atoms with Crippen LogP contribution in [0.4, 0.5) is 0 Å². The van der Waals surface area contributed by atoms with Crippen LogP contribution in [0, 0.1) is 0 Å². The molecule has 0 spiro atoms. The minimum absolute atomic E-state index is 0.675. The fourth-order valence-corrected chi connectivity index (χ4v) is 2.96. The van der Waals surface area contributed by atoms with Gasteiger partial charge in [-0.1, -0.05) is 84.9 Å². The number of carbonyl (C=O) groups excluding carboxylic acids is 1. The van der Waals surface area contributed by atoms with Crippen LogP contribution in [-0.2, 0) is 0 Å². The molecule has 0 fully saturated rings. The van der Waals surface area contributed by atoms with Gasteiger partial charge in [0.2, 0.25) is 0 Å². The van der Waals surface area contributed by atoms with Crippen LogP contribution in [0.1, 0.15) is 10.4 Å². The number of hydrogen-bond acceptors (Lipinski definition) is 2. The second-order valence-corrected chi connectivity index (χ2v) is 6.10. The molecule has 0 atom stereocenters. The quantitative estimate of drug-likeness (QED) is 0.435. The summed E-state index contributed by atoms with van der Waals surface area (Å²) < 4.78 is 0. The highest BCUT2D eigenvalue weighted by molar-refractivity contribution is 5.79. The lowest BCUT2D eigenvalue weighted by Gasteiger charge is -2.10. The van der Waals surface area contributed by atoms with E-state index in [0.717, 1.165) is 39.9 Å². The maximum absolute atomic E-state index is 10.9. The molecule has 3 aromatic carbocycles. The molecule has 0 saturated carbocycles. The van der Waals surface area contributed by atoms with Crippen LogP contribution in [0.25, 0.3) is 33.6 Å². The molecule has 2 nitrogen and oxygen atoms in total. The lowest BCUT2D eigenvalue weighted by atomic mass is 9.99. The fraction of sp³-hybridized carbons (Fsp3) is 0. The summed E-state index contributed by atoms with van der Waals surface area (Å²) in [5, 5.41) is 0. The maximum Gasteiger partial charge on any atom is 0.150 e. The summed E-state index contributed by atoms with van der Waals surface area (Å²) in [6, 6.07) is 32.2. The first-order valence-electron chi connectivity index (χ1n) is 8.52. The van der Waals surface area contributed by atoms with E-state index >= 15 is 0 Å². The smallest absolute Gasteiger partial charge is 0.150 e. The van der Waals surface area contributed by atoms with Crippen molar-refractivity contribution in [3.05, 3.63) is 103 Å². The molecule has 4 aromatic rings. The van der Waals surface area contributed by atoms with Gasteiger partial charge in [0.15, 0.2) is 0 Å². The molecule has 0 unspecified atom stereocenters. The Kier molecular flexibility index (Phi) is 4.40. The molecule has 124 valence electrons. The zero-order valence-corrected chi connectivity index (χ0v) is 14.2.